The number of hydrogen-bond acceptors (Lipinski definition) is 4. The minimum absolute atomic E-state index is 0.0442. The molecule has 0 aliphatic carbocycles. The van der Waals surface area contributed by atoms with E-state index in [1.807, 2.05) is 37.3 Å². The van der Waals surface area contributed by atoms with Gasteiger partial charge in [-0.1, -0.05) is 55.5 Å². The van der Waals surface area contributed by atoms with Gasteiger partial charge in [0.15, 0.2) is 0 Å². The molecule has 3 amide bonds. The van der Waals surface area contributed by atoms with Gasteiger partial charge in [0.05, 0.1) is 12.1 Å². The normalized spacial score (nSPS) is 11.5. The van der Waals surface area contributed by atoms with Crippen LogP contribution in [-0.2, 0) is 4.79 Å². The summed E-state index contributed by atoms with van der Waals surface area (Å²) in [6.45, 7) is 1.81. The van der Waals surface area contributed by atoms with Crippen molar-refractivity contribution in [3.05, 3.63) is 88.3 Å². The van der Waals surface area contributed by atoms with Crippen molar-refractivity contribution in [2.45, 2.75) is 12.8 Å². The number of nitrogens with one attached hydrogen (secondary N) is 2. The molecule has 0 aliphatic rings. The lowest BCUT2D eigenvalue weighted by atomic mass is 9.99. The van der Waals surface area contributed by atoms with Crippen LogP contribution < -0.4 is 16.4 Å². The van der Waals surface area contributed by atoms with Gasteiger partial charge in [-0.05, 0) is 23.8 Å². The lowest BCUT2D eigenvalue weighted by Gasteiger charge is -2.09. The predicted molar refractivity (Wildman–Crippen MR) is 114 cm³/mol. The maximum Gasteiger partial charge on any atom is 0.251 e. The summed E-state index contributed by atoms with van der Waals surface area (Å²) in [6, 6.07) is 20.2. The Labute approximate surface area is 172 Å². The Morgan fingerprint density at radius 1 is 1.00 bits per heavy atom. The van der Waals surface area contributed by atoms with E-state index in [1.165, 1.54) is 11.3 Å². The predicted octanol–water partition coefficient (Wildman–Crippen LogP) is 3.37. The third kappa shape index (κ3) is 5.08. The molecule has 0 bridgehead atoms. The molecule has 2 aromatic carbocycles. The van der Waals surface area contributed by atoms with E-state index in [0.717, 1.165) is 10.4 Å². The molecule has 1 atom stereocenters. The van der Waals surface area contributed by atoms with Crippen LogP contribution in [0.3, 0.4) is 0 Å². The van der Waals surface area contributed by atoms with Gasteiger partial charge in [-0.2, -0.15) is 0 Å². The molecule has 7 heteroatoms. The molecule has 3 rings (SSSR count). The zero-order valence-corrected chi connectivity index (χ0v) is 16.7. The molecule has 29 heavy (non-hydrogen) atoms. The highest BCUT2D eigenvalue weighted by molar-refractivity contribution is 7.16. The van der Waals surface area contributed by atoms with Crippen LogP contribution in [0.2, 0.25) is 0 Å². The molecule has 0 fully saturated rings. The number of carbonyl (C=O) groups is 3. The van der Waals surface area contributed by atoms with Crippen molar-refractivity contribution in [3.8, 4) is 0 Å². The minimum Gasteiger partial charge on any atom is -0.366 e. The average molecular weight is 407 g/mol. The monoisotopic (exact) mass is 407 g/mol. The number of carbonyl (C=O) groups excluding carboxylic acids is 3. The SMILES string of the molecule is CC(c1ccccc1)c1cc(C(N)=O)c(NC(=O)CNC(=O)c2ccccc2)s1. The number of benzene rings is 2. The van der Waals surface area contributed by atoms with Crippen LogP contribution in [0.5, 0.6) is 0 Å². The van der Waals surface area contributed by atoms with Crippen molar-refractivity contribution < 1.29 is 14.4 Å². The first kappa shape index (κ1) is 20.3. The van der Waals surface area contributed by atoms with Crippen molar-refractivity contribution in [2.24, 2.45) is 5.73 Å². The second-order valence-electron chi connectivity index (χ2n) is 6.49. The molecule has 1 unspecified atom stereocenters. The molecule has 0 saturated heterocycles. The van der Waals surface area contributed by atoms with E-state index in [9.17, 15) is 14.4 Å². The third-order valence-electron chi connectivity index (χ3n) is 4.44. The average Bonchev–Trinajstić information content (AvgIpc) is 3.16. The van der Waals surface area contributed by atoms with Crippen LogP contribution in [0.4, 0.5) is 5.00 Å². The quantitative estimate of drug-likeness (QED) is 0.560. The van der Waals surface area contributed by atoms with Crippen LogP contribution in [0.15, 0.2) is 66.7 Å². The van der Waals surface area contributed by atoms with E-state index in [4.69, 9.17) is 5.73 Å². The van der Waals surface area contributed by atoms with Crippen molar-refractivity contribution in [2.75, 3.05) is 11.9 Å². The number of nitrogens with two attached hydrogens (primary N) is 1. The molecule has 6 nitrogen and oxygen atoms in total. The van der Waals surface area contributed by atoms with Crippen molar-refractivity contribution in [1.29, 1.82) is 0 Å². The molecule has 0 aliphatic heterocycles. The molecular weight excluding hydrogens is 386 g/mol. The molecule has 148 valence electrons. The molecular formula is C22H21N3O3S. The Bertz CT molecular complexity index is 1020. The number of anilines is 1. The first-order chi connectivity index (χ1) is 14.0. The fourth-order valence-electron chi connectivity index (χ4n) is 2.83. The molecule has 1 aromatic heterocycles. The van der Waals surface area contributed by atoms with Gasteiger partial charge in [0.1, 0.15) is 5.00 Å². The van der Waals surface area contributed by atoms with Crippen LogP contribution in [0.25, 0.3) is 0 Å². The summed E-state index contributed by atoms with van der Waals surface area (Å²) in [7, 11) is 0. The Morgan fingerprint density at radius 2 is 1.62 bits per heavy atom. The second-order valence-corrected chi connectivity index (χ2v) is 7.57. The highest BCUT2D eigenvalue weighted by Gasteiger charge is 2.20. The van der Waals surface area contributed by atoms with E-state index in [-0.39, 0.29) is 23.9 Å². The van der Waals surface area contributed by atoms with Gasteiger partial charge in [-0.25, -0.2) is 0 Å². The lowest BCUT2D eigenvalue weighted by Crippen LogP contribution is -2.33. The van der Waals surface area contributed by atoms with Crippen LogP contribution >= 0.6 is 11.3 Å². The van der Waals surface area contributed by atoms with E-state index in [1.54, 1.807) is 36.4 Å². The summed E-state index contributed by atoms with van der Waals surface area (Å²) in [5.41, 5.74) is 7.31. The van der Waals surface area contributed by atoms with E-state index in [0.29, 0.717) is 10.6 Å². The first-order valence-electron chi connectivity index (χ1n) is 9.07. The van der Waals surface area contributed by atoms with E-state index >= 15 is 0 Å². The van der Waals surface area contributed by atoms with Gasteiger partial charge in [0.2, 0.25) is 5.91 Å². The summed E-state index contributed by atoms with van der Waals surface area (Å²) in [6.07, 6.45) is 0. The Balaban J connectivity index is 1.69. The second kappa shape index (κ2) is 9.16. The number of rotatable bonds is 7. The number of primary amides is 1. The Kier molecular flexibility index (Phi) is 6.41. The summed E-state index contributed by atoms with van der Waals surface area (Å²) in [4.78, 5) is 37.1. The number of hydrogen-bond donors (Lipinski definition) is 3. The smallest absolute Gasteiger partial charge is 0.251 e. The van der Waals surface area contributed by atoms with Crippen molar-refractivity contribution in [1.82, 2.24) is 5.32 Å². The Hall–Kier alpha value is -3.45. The zero-order valence-electron chi connectivity index (χ0n) is 15.8. The van der Waals surface area contributed by atoms with Gasteiger partial charge in [0, 0.05) is 16.4 Å². The van der Waals surface area contributed by atoms with Crippen molar-refractivity contribution >= 4 is 34.1 Å². The molecule has 0 saturated carbocycles. The fraction of sp³-hybridized carbons (Fsp3) is 0.136. The highest BCUT2D eigenvalue weighted by Crippen LogP contribution is 2.35. The van der Waals surface area contributed by atoms with Crippen LogP contribution in [-0.4, -0.2) is 24.3 Å². The van der Waals surface area contributed by atoms with Crippen LogP contribution in [0.1, 0.15) is 44.0 Å². The van der Waals surface area contributed by atoms with Crippen molar-refractivity contribution in [3.63, 3.8) is 0 Å². The lowest BCUT2D eigenvalue weighted by molar-refractivity contribution is -0.115. The maximum atomic E-state index is 12.3. The van der Waals surface area contributed by atoms with Gasteiger partial charge in [0.25, 0.3) is 11.8 Å². The van der Waals surface area contributed by atoms with E-state index < -0.39 is 11.8 Å². The number of thiophene rings is 1. The molecule has 0 spiro atoms. The highest BCUT2D eigenvalue weighted by atomic mass is 32.1. The number of amides is 3. The van der Waals surface area contributed by atoms with Crippen LogP contribution in [0, 0.1) is 0 Å². The standard InChI is InChI=1S/C22H21N3O3S/c1-14(15-8-4-2-5-9-15)18-12-17(20(23)27)22(29-18)25-19(26)13-24-21(28)16-10-6-3-7-11-16/h2-12,14H,13H2,1H3,(H2,23,27)(H,24,28)(H,25,26). The fourth-order valence-corrected chi connectivity index (χ4v) is 3.99. The van der Waals surface area contributed by atoms with E-state index in [2.05, 4.69) is 10.6 Å². The summed E-state index contributed by atoms with van der Waals surface area (Å²) in [5, 5.41) is 5.63. The maximum absolute atomic E-state index is 12.3. The summed E-state index contributed by atoms with van der Waals surface area (Å²) >= 11 is 1.30. The summed E-state index contributed by atoms with van der Waals surface area (Å²) < 4.78 is 0. The third-order valence-corrected chi connectivity index (χ3v) is 5.67. The first-order valence-corrected chi connectivity index (χ1v) is 9.89. The summed E-state index contributed by atoms with van der Waals surface area (Å²) in [5.74, 6) is -1.35. The van der Waals surface area contributed by atoms with Gasteiger partial charge in [-0.3, -0.25) is 14.4 Å². The molecule has 0 radical (unpaired) electrons. The topological polar surface area (TPSA) is 101 Å². The zero-order chi connectivity index (χ0) is 20.8. The molecule has 1 heterocycles. The Morgan fingerprint density at radius 3 is 2.24 bits per heavy atom. The van der Waals surface area contributed by atoms with Gasteiger partial charge >= 0.3 is 0 Å². The van der Waals surface area contributed by atoms with Gasteiger partial charge < -0.3 is 16.4 Å². The van der Waals surface area contributed by atoms with Gasteiger partial charge in [-0.15, -0.1) is 11.3 Å². The molecule has 4 N–H and O–H groups in total. The largest absolute Gasteiger partial charge is 0.366 e. The minimum atomic E-state index is -0.614. The molecule has 3 aromatic rings.